The zero-order valence-electron chi connectivity index (χ0n) is 17.8. The van der Waals surface area contributed by atoms with E-state index in [1.807, 2.05) is 6.07 Å². The second kappa shape index (κ2) is 9.82. The Morgan fingerprint density at radius 2 is 1.87 bits per heavy atom. The number of nitrogens with zero attached hydrogens (tertiary/aromatic N) is 3. The first kappa shape index (κ1) is 21.2. The smallest absolute Gasteiger partial charge is 0.306 e. The molecule has 2 heterocycles. The van der Waals surface area contributed by atoms with Crippen LogP contribution in [0.4, 0.5) is 0 Å². The van der Waals surface area contributed by atoms with Gasteiger partial charge in [-0.3, -0.25) is 14.6 Å². The second-order valence-electron chi connectivity index (χ2n) is 9.17. The van der Waals surface area contributed by atoms with Crippen LogP contribution in [0.25, 0.3) is 0 Å². The van der Waals surface area contributed by atoms with Crippen molar-refractivity contribution in [1.82, 2.24) is 9.88 Å². The van der Waals surface area contributed by atoms with Crippen molar-refractivity contribution in [2.24, 2.45) is 10.9 Å². The van der Waals surface area contributed by atoms with Crippen LogP contribution in [0.2, 0.25) is 0 Å². The fourth-order valence-electron chi connectivity index (χ4n) is 4.98. The van der Waals surface area contributed by atoms with E-state index in [1.54, 1.807) is 12.3 Å². The summed E-state index contributed by atoms with van der Waals surface area (Å²) in [5.41, 5.74) is 1.47. The standard InChI is InChI=1S/C24H33N3O3/c1-25-24(29)19-6-10-22(26-16-19)18-3-2-4-21(9-5-18)30-23(28)15-17-11-13-27(14-12-17)20-7-8-20/h6,10,16-18,20-21H,1-5,7-9,11-15H2. The van der Waals surface area contributed by atoms with Gasteiger partial charge in [-0.25, -0.2) is 4.99 Å². The predicted octanol–water partition coefficient (Wildman–Crippen LogP) is 4.15. The van der Waals surface area contributed by atoms with Crippen LogP contribution < -0.4 is 0 Å². The van der Waals surface area contributed by atoms with Gasteiger partial charge in [-0.2, -0.15) is 0 Å². The van der Waals surface area contributed by atoms with Crippen LogP contribution in [0.3, 0.4) is 0 Å². The van der Waals surface area contributed by atoms with Crippen molar-refractivity contribution in [3.8, 4) is 0 Å². The number of aromatic nitrogens is 1. The summed E-state index contributed by atoms with van der Waals surface area (Å²) in [7, 11) is 0. The molecule has 2 saturated carbocycles. The Hall–Kier alpha value is -2.08. The number of piperidine rings is 1. The average molecular weight is 412 g/mol. The maximum absolute atomic E-state index is 12.5. The molecule has 0 aromatic carbocycles. The normalized spacial score (nSPS) is 26.0. The van der Waals surface area contributed by atoms with Crippen molar-refractivity contribution >= 4 is 18.6 Å². The van der Waals surface area contributed by atoms with Gasteiger partial charge < -0.3 is 9.64 Å². The van der Waals surface area contributed by atoms with Crippen LogP contribution in [-0.2, 0) is 9.53 Å². The zero-order chi connectivity index (χ0) is 20.9. The van der Waals surface area contributed by atoms with Crippen LogP contribution >= 0.6 is 0 Å². The van der Waals surface area contributed by atoms with Gasteiger partial charge in [0, 0.05) is 30.3 Å². The zero-order valence-corrected chi connectivity index (χ0v) is 17.8. The predicted molar refractivity (Wildman–Crippen MR) is 116 cm³/mol. The van der Waals surface area contributed by atoms with E-state index < -0.39 is 0 Å². The van der Waals surface area contributed by atoms with Crippen LogP contribution in [0.1, 0.15) is 86.2 Å². The van der Waals surface area contributed by atoms with E-state index >= 15 is 0 Å². The number of hydrogen-bond acceptors (Lipinski definition) is 5. The molecule has 1 amide bonds. The quantitative estimate of drug-likeness (QED) is 0.400. The Morgan fingerprint density at radius 1 is 1.07 bits per heavy atom. The molecule has 0 spiro atoms. The first-order chi connectivity index (χ1) is 14.6. The summed E-state index contributed by atoms with van der Waals surface area (Å²) in [6.45, 7) is 5.57. The molecule has 6 heteroatoms. The molecule has 0 radical (unpaired) electrons. The number of carbonyl (C=O) groups excluding carboxylic acids is 2. The van der Waals surface area contributed by atoms with Gasteiger partial charge in [0.25, 0.3) is 5.91 Å². The maximum Gasteiger partial charge on any atom is 0.306 e. The average Bonchev–Trinajstić information content (AvgIpc) is 3.62. The van der Waals surface area contributed by atoms with Gasteiger partial charge in [0.05, 0.1) is 5.56 Å². The highest BCUT2D eigenvalue weighted by atomic mass is 16.5. The minimum Gasteiger partial charge on any atom is -0.462 e. The number of aliphatic imine (C=N–C) groups is 1. The number of amides is 1. The Kier molecular flexibility index (Phi) is 6.93. The summed E-state index contributed by atoms with van der Waals surface area (Å²) in [5, 5.41) is 0. The SMILES string of the molecule is C=NC(=O)c1ccc(C2CCCC(OC(=O)CC3CCN(C4CC4)CC3)CC2)nc1. The first-order valence-electron chi connectivity index (χ1n) is 11.5. The molecule has 30 heavy (non-hydrogen) atoms. The fourth-order valence-corrected chi connectivity index (χ4v) is 4.98. The molecule has 2 aliphatic carbocycles. The Morgan fingerprint density at radius 3 is 2.53 bits per heavy atom. The number of carbonyl (C=O) groups is 2. The van der Waals surface area contributed by atoms with Gasteiger partial charge in [0.2, 0.25) is 0 Å². The summed E-state index contributed by atoms with van der Waals surface area (Å²) >= 11 is 0. The van der Waals surface area contributed by atoms with Crippen LogP contribution in [0.15, 0.2) is 23.3 Å². The van der Waals surface area contributed by atoms with Crippen molar-refractivity contribution in [1.29, 1.82) is 0 Å². The molecule has 0 N–H and O–H groups in total. The van der Waals surface area contributed by atoms with Crippen LogP contribution in [-0.4, -0.2) is 53.7 Å². The van der Waals surface area contributed by atoms with Crippen LogP contribution in [0, 0.1) is 5.92 Å². The molecule has 6 nitrogen and oxygen atoms in total. The maximum atomic E-state index is 12.5. The highest BCUT2D eigenvalue weighted by Crippen LogP contribution is 2.34. The molecule has 3 aliphatic rings. The van der Waals surface area contributed by atoms with Gasteiger partial charge >= 0.3 is 5.97 Å². The molecular formula is C24H33N3O3. The monoisotopic (exact) mass is 411 g/mol. The lowest BCUT2D eigenvalue weighted by Gasteiger charge is -2.31. The molecule has 1 saturated heterocycles. The molecule has 1 aliphatic heterocycles. The third kappa shape index (κ3) is 5.54. The number of rotatable bonds is 6. The van der Waals surface area contributed by atoms with E-state index in [-0.39, 0.29) is 18.0 Å². The fraction of sp³-hybridized carbons (Fsp3) is 0.667. The van der Waals surface area contributed by atoms with Gasteiger partial charge in [-0.05, 0) is 95.6 Å². The largest absolute Gasteiger partial charge is 0.462 e. The van der Waals surface area contributed by atoms with E-state index in [0.29, 0.717) is 23.8 Å². The summed E-state index contributed by atoms with van der Waals surface area (Å²) in [4.78, 5) is 34.6. The summed E-state index contributed by atoms with van der Waals surface area (Å²) in [6.07, 6.45) is 12.0. The minimum atomic E-state index is -0.347. The van der Waals surface area contributed by atoms with E-state index in [9.17, 15) is 9.59 Å². The van der Waals surface area contributed by atoms with Crippen molar-refractivity contribution in [2.75, 3.05) is 13.1 Å². The molecule has 3 fully saturated rings. The van der Waals surface area contributed by atoms with Crippen LogP contribution in [0.5, 0.6) is 0 Å². The number of ether oxygens (including phenoxy) is 1. The minimum absolute atomic E-state index is 0.0127. The number of hydrogen-bond donors (Lipinski definition) is 0. The highest BCUT2D eigenvalue weighted by Gasteiger charge is 2.32. The van der Waals surface area contributed by atoms with Gasteiger partial charge in [-0.15, -0.1) is 0 Å². The Bertz CT molecular complexity index is 751. The topological polar surface area (TPSA) is 71.9 Å². The second-order valence-corrected chi connectivity index (χ2v) is 9.17. The van der Waals surface area contributed by atoms with Gasteiger partial charge in [-0.1, -0.05) is 0 Å². The van der Waals surface area contributed by atoms with Crippen molar-refractivity contribution in [3.05, 3.63) is 29.6 Å². The van der Waals surface area contributed by atoms with E-state index in [0.717, 1.165) is 69.8 Å². The number of likely N-dealkylation sites (tertiary alicyclic amines) is 1. The summed E-state index contributed by atoms with van der Waals surface area (Å²) in [5.74, 6) is 0.476. The lowest BCUT2D eigenvalue weighted by molar-refractivity contribution is -0.151. The third-order valence-corrected chi connectivity index (χ3v) is 6.98. The molecular weight excluding hydrogens is 378 g/mol. The lowest BCUT2D eigenvalue weighted by Crippen LogP contribution is -2.36. The lowest BCUT2D eigenvalue weighted by atomic mass is 9.93. The van der Waals surface area contributed by atoms with Gasteiger partial charge in [0.15, 0.2) is 0 Å². The van der Waals surface area contributed by atoms with Crippen molar-refractivity contribution in [2.45, 2.75) is 82.3 Å². The molecule has 2 unspecified atom stereocenters. The third-order valence-electron chi connectivity index (χ3n) is 6.98. The molecule has 0 bridgehead atoms. The van der Waals surface area contributed by atoms with Crippen molar-refractivity contribution < 1.29 is 14.3 Å². The molecule has 1 aromatic heterocycles. The van der Waals surface area contributed by atoms with E-state index in [2.05, 4.69) is 21.6 Å². The number of esters is 1. The number of pyridine rings is 1. The summed E-state index contributed by atoms with van der Waals surface area (Å²) in [6, 6.07) is 4.53. The Balaban J connectivity index is 1.21. The molecule has 162 valence electrons. The molecule has 4 rings (SSSR count). The first-order valence-corrected chi connectivity index (χ1v) is 11.5. The van der Waals surface area contributed by atoms with Gasteiger partial charge in [0.1, 0.15) is 6.10 Å². The van der Waals surface area contributed by atoms with Crippen molar-refractivity contribution in [3.63, 3.8) is 0 Å². The highest BCUT2D eigenvalue weighted by molar-refractivity contribution is 5.96. The van der Waals surface area contributed by atoms with E-state index in [1.165, 1.54) is 12.8 Å². The molecule has 1 aromatic rings. The van der Waals surface area contributed by atoms with E-state index in [4.69, 9.17) is 4.74 Å². The Labute approximate surface area is 179 Å². The molecule has 2 atom stereocenters. The summed E-state index contributed by atoms with van der Waals surface area (Å²) < 4.78 is 5.87.